The average Bonchev–Trinajstić information content (AvgIpc) is 2.48. The van der Waals surface area contributed by atoms with Gasteiger partial charge in [0.1, 0.15) is 11.6 Å². The van der Waals surface area contributed by atoms with Crippen molar-refractivity contribution in [1.29, 1.82) is 0 Å². The van der Waals surface area contributed by atoms with E-state index in [4.69, 9.17) is 12.2 Å². The third kappa shape index (κ3) is 4.29. The predicted octanol–water partition coefficient (Wildman–Crippen LogP) is 3.96. The molecule has 0 heterocycles. The van der Waals surface area contributed by atoms with Crippen LogP contribution < -0.4 is 10.6 Å². The number of nitrogens with one attached hydrogen (secondary N) is 2. The van der Waals surface area contributed by atoms with Gasteiger partial charge in [0.2, 0.25) is 0 Å². The number of carbonyl (C=O) groups is 1. The molecule has 4 nitrogen and oxygen atoms in total. The first-order valence-electron chi connectivity index (χ1n) is 7.39. The summed E-state index contributed by atoms with van der Waals surface area (Å²) in [5.41, 5.74) is 1.16. The highest BCUT2D eigenvalue weighted by molar-refractivity contribution is 7.80. The Morgan fingerprint density at radius 2 is 1.83 bits per heavy atom. The Morgan fingerprint density at radius 3 is 2.46 bits per heavy atom. The van der Waals surface area contributed by atoms with E-state index in [1.54, 1.807) is 18.2 Å². The van der Waals surface area contributed by atoms with Gasteiger partial charge in [-0.05, 0) is 47.5 Å². The van der Waals surface area contributed by atoms with Gasteiger partial charge in [0, 0.05) is 0 Å². The molecule has 0 atom stereocenters. The molecule has 0 spiro atoms. The molecular weight excluding hydrogens is 327 g/mol. The van der Waals surface area contributed by atoms with Gasteiger partial charge in [-0.2, -0.15) is 0 Å². The summed E-state index contributed by atoms with van der Waals surface area (Å²) in [7, 11) is 0. The van der Waals surface area contributed by atoms with Gasteiger partial charge in [-0.3, -0.25) is 10.1 Å². The minimum absolute atomic E-state index is 0.00508. The van der Waals surface area contributed by atoms with Crippen LogP contribution in [-0.4, -0.2) is 16.1 Å². The minimum atomic E-state index is -0.655. The summed E-state index contributed by atoms with van der Waals surface area (Å²) < 4.78 is 13.6. The number of hydrogen-bond acceptors (Lipinski definition) is 3. The van der Waals surface area contributed by atoms with Crippen molar-refractivity contribution in [1.82, 2.24) is 5.32 Å². The van der Waals surface area contributed by atoms with Crippen LogP contribution >= 0.6 is 12.2 Å². The maximum atomic E-state index is 13.6. The number of phenols is 1. The van der Waals surface area contributed by atoms with E-state index < -0.39 is 11.7 Å². The Kier molecular flexibility index (Phi) is 5.19. The molecule has 0 radical (unpaired) electrons. The molecule has 2 rings (SSSR count). The quantitative estimate of drug-likeness (QED) is 0.569. The van der Waals surface area contributed by atoms with Gasteiger partial charge in [-0.1, -0.05) is 39.0 Å². The zero-order chi connectivity index (χ0) is 17.9. The smallest absolute Gasteiger partial charge is 0.260 e. The summed E-state index contributed by atoms with van der Waals surface area (Å²) in [5.74, 6) is -1.28. The largest absolute Gasteiger partial charge is 0.506 e. The van der Waals surface area contributed by atoms with E-state index in [0.717, 1.165) is 5.56 Å². The van der Waals surface area contributed by atoms with E-state index in [2.05, 4.69) is 10.6 Å². The van der Waals surface area contributed by atoms with Crippen molar-refractivity contribution in [3.05, 3.63) is 59.4 Å². The van der Waals surface area contributed by atoms with Crippen LogP contribution in [0.1, 0.15) is 36.7 Å². The van der Waals surface area contributed by atoms with E-state index in [9.17, 15) is 14.3 Å². The molecule has 0 fully saturated rings. The topological polar surface area (TPSA) is 61.4 Å². The Labute approximate surface area is 145 Å². The van der Waals surface area contributed by atoms with Gasteiger partial charge < -0.3 is 10.4 Å². The van der Waals surface area contributed by atoms with Crippen LogP contribution in [0, 0.1) is 5.82 Å². The number of aromatic hydroxyl groups is 1. The molecule has 2 aromatic carbocycles. The molecule has 0 saturated carbocycles. The summed E-state index contributed by atoms with van der Waals surface area (Å²) in [4.78, 5) is 12.0. The summed E-state index contributed by atoms with van der Waals surface area (Å²) in [5, 5.41) is 15.1. The van der Waals surface area contributed by atoms with E-state index in [1.807, 2.05) is 26.8 Å². The third-order valence-corrected chi connectivity index (χ3v) is 3.66. The van der Waals surface area contributed by atoms with Crippen molar-refractivity contribution < 1.29 is 14.3 Å². The van der Waals surface area contributed by atoms with Gasteiger partial charge >= 0.3 is 0 Å². The predicted molar refractivity (Wildman–Crippen MR) is 96.9 cm³/mol. The normalized spacial score (nSPS) is 11.0. The Balaban J connectivity index is 2.13. The molecule has 3 N–H and O–H groups in total. The first-order chi connectivity index (χ1) is 11.2. The minimum Gasteiger partial charge on any atom is -0.506 e. The van der Waals surface area contributed by atoms with Crippen LogP contribution in [-0.2, 0) is 5.41 Å². The summed E-state index contributed by atoms with van der Waals surface area (Å²) in [6.45, 7) is 6.13. The maximum absolute atomic E-state index is 13.6. The van der Waals surface area contributed by atoms with Crippen LogP contribution in [0.2, 0.25) is 0 Å². The molecule has 0 unspecified atom stereocenters. The third-order valence-electron chi connectivity index (χ3n) is 3.46. The fourth-order valence-electron chi connectivity index (χ4n) is 2.07. The molecule has 2 aromatic rings. The SMILES string of the molecule is CC(C)(C)c1ccc(O)c(NC(=S)NC(=O)c2ccccc2F)c1. The van der Waals surface area contributed by atoms with Crippen molar-refractivity contribution >= 4 is 28.9 Å². The number of thiocarbonyl (C=S) groups is 1. The fourth-order valence-corrected chi connectivity index (χ4v) is 2.27. The number of halogens is 1. The van der Waals surface area contributed by atoms with Crippen molar-refractivity contribution in [2.24, 2.45) is 0 Å². The Hall–Kier alpha value is -2.47. The van der Waals surface area contributed by atoms with Crippen LogP contribution in [0.25, 0.3) is 0 Å². The lowest BCUT2D eigenvalue weighted by atomic mass is 9.87. The standard InChI is InChI=1S/C18H19FN2O2S/c1-18(2,3)11-8-9-15(22)14(10-11)20-17(24)21-16(23)12-6-4-5-7-13(12)19/h4-10,22H,1-3H3,(H2,20,21,23,24). The van der Waals surface area contributed by atoms with Gasteiger partial charge in [0.05, 0.1) is 11.3 Å². The van der Waals surface area contributed by atoms with E-state index >= 15 is 0 Å². The molecule has 0 saturated heterocycles. The summed E-state index contributed by atoms with van der Waals surface area (Å²) >= 11 is 5.08. The van der Waals surface area contributed by atoms with Crippen molar-refractivity contribution in [2.45, 2.75) is 26.2 Å². The second kappa shape index (κ2) is 6.97. The number of carbonyl (C=O) groups excluding carboxylic acids is 1. The van der Waals surface area contributed by atoms with Gasteiger partial charge in [0.25, 0.3) is 5.91 Å². The van der Waals surface area contributed by atoms with Gasteiger partial charge in [-0.15, -0.1) is 0 Å². The molecule has 126 valence electrons. The van der Waals surface area contributed by atoms with Crippen LogP contribution in [0.3, 0.4) is 0 Å². The number of benzene rings is 2. The zero-order valence-electron chi connectivity index (χ0n) is 13.7. The van der Waals surface area contributed by atoms with Gasteiger partial charge in [-0.25, -0.2) is 4.39 Å². The van der Waals surface area contributed by atoms with Crippen LogP contribution in [0.15, 0.2) is 42.5 Å². The molecule has 0 aromatic heterocycles. The van der Waals surface area contributed by atoms with Gasteiger partial charge in [0.15, 0.2) is 5.11 Å². The summed E-state index contributed by atoms with van der Waals surface area (Å²) in [6, 6.07) is 10.8. The average molecular weight is 346 g/mol. The molecule has 0 aliphatic rings. The first kappa shape index (κ1) is 17.9. The van der Waals surface area contributed by atoms with Crippen molar-refractivity contribution in [3.63, 3.8) is 0 Å². The number of amides is 1. The van der Waals surface area contributed by atoms with Crippen LogP contribution in [0.5, 0.6) is 5.75 Å². The molecule has 0 aliphatic carbocycles. The van der Waals surface area contributed by atoms with E-state index in [0.29, 0.717) is 5.69 Å². The highest BCUT2D eigenvalue weighted by Gasteiger charge is 2.17. The number of rotatable bonds is 2. The maximum Gasteiger partial charge on any atom is 0.260 e. The molecule has 1 amide bonds. The van der Waals surface area contributed by atoms with Crippen LogP contribution in [0.4, 0.5) is 10.1 Å². The van der Waals surface area contributed by atoms with E-state index in [1.165, 1.54) is 18.2 Å². The number of phenolic OH excluding ortho intramolecular Hbond substituents is 1. The number of anilines is 1. The molecule has 6 heteroatoms. The highest BCUT2D eigenvalue weighted by atomic mass is 32.1. The van der Waals surface area contributed by atoms with Crippen molar-refractivity contribution in [3.8, 4) is 5.75 Å². The van der Waals surface area contributed by atoms with E-state index in [-0.39, 0.29) is 21.8 Å². The first-order valence-corrected chi connectivity index (χ1v) is 7.79. The second-order valence-corrected chi connectivity index (χ2v) is 6.78. The second-order valence-electron chi connectivity index (χ2n) is 6.37. The molecule has 24 heavy (non-hydrogen) atoms. The Bertz CT molecular complexity index is 785. The highest BCUT2D eigenvalue weighted by Crippen LogP contribution is 2.30. The molecular formula is C18H19FN2O2S. The lowest BCUT2D eigenvalue weighted by Gasteiger charge is -2.21. The van der Waals surface area contributed by atoms with Crippen molar-refractivity contribution in [2.75, 3.05) is 5.32 Å². The lowest BCUT2D eigenvalue weighted by Crippen LogP contribution is -2.34. The summed E-state index contributed by atoms with van der Waals surface area (Å²) in [6.07, 6.45) is 0. The number of hydrogen-bond donors (Lipinski definition) is 3. The molecule has 0 bridgehead atoms. The Morgan fingerprint density at radius 1 is 1.17 bits per heavy atom. The lowest BCUT2D eigenvalue weighted by molar-refractivity contribution is 0.0974. The fraction of sp³-hybridized carbons (Fsp3) is 0.222. The molecule has 0 aliphatic heterocycles. The monoisotopic (exact) mass is 346 g/mol. The zero-order valence-corrected chi connectivity index (χ0v) is 14.5.